The predicted octanol–water partition coefficient (Wildman–Crippen LogP) is 0.429. The summed E-state index contributed by atoms with van der Waals surface area (Å²) >= 11 is 0. The third-order valence-electron chi connectivity index (χ3n) is 8.29. The number of rotatable bonds is 22. The third-order valence-corrected chi connectivity index (χ3v) is 9.39. The van der Waals surface area contributed by atoms with Crippen LogP contribution < -0.4 is 5.32 Å². The largest absolute Gasteiger partial charge is 0.463 e. The quantitative estimate of drug-likeness (QED) is 0.0668. The van der Waals surface area contributed by atoms with E-state index in [1.54, 1.807) is 0 Å². The fourth-order valence-electron chi connectivity index (χ4n) is 6.07. The molecule has 1 amide bonds. The normalized spacial score (nSPS) is 26.6. The highest BCUT2D eigenvalue weighted by atomic mass is 32.2. The molecule has 1 unspecified atom stereocenters. The zero-order chi connectivity index (χ0) is 44.4. The summed E-state index contributed by atoms with van der Waals surface area (Å²) in [5, 5.41) is 2.50. The van der Waals surface area contributed by atoms with E-state index in [-0.39, 0.29) is 6.54 Å². The van der Waals surface area contributed by atoms with Crippen LogP contribution in [0.1, 0.15) is 93.9 Å². The zero-order valence-electron chi connectivity index (χ0n) is 34.3. The summed E-state index contributed by atoms with van der Waals surface area (Å²) in [5.74, 6) is -8.80. The first-order valence-corrected chi connectivity index (χ1v) is 20.5. The van der Waals surface area contributed by atoms with Gasteiger partial charge < -0.3 is 52.7 Å². The van der Waals surface area contributed by atoms with Gasteiger partial charge in [0.25, 0.3) is 10.1 Å². The molecule has 0 aromatic heterocycles. The van der Waals surface area contributed by atoms with Crippen molar-refractivity contribution in [1.29, 1.82) is 0 Å². The fraction of sp³-hybridized carbons (Fsp3) is 0.778. The van der Waals surface area contributed by atoms with E-state index in [4.69, 9.17) is 51.6 Å². The molecule has 23 heteroatoms. The van der Waals surface area contributed by atoms with E-state index in [0.717, 1.165) is 80.6 Å². The SMILES string of the molecule is CCCCCCCCNC(=O)CS(=O)(=O)O[C@@H]1O[C@H](COC(C)=O)C(O[C@@H]2O[C@H](COC(C)=O)[C@H](OC(C)=O)[C@H](OC(C)=O)[C@H]2OC(C)=O)[C@H](OC(C)=O)[C@H]1OC(C)=O. The van der Waals surface area contributed by atoms with Crippen LogP contribution in [0, 0.1) is 0 Å². The highest BCUT2D eigenvalue weighted by molar-refractivity contribution is 7.87. The number of nitrogens with one attached hydrogen (secondary N) is 1. The van der Waals surface area contributed by atoms with E-state index in [9.17, 15) is 46.8 Å². The lowest BCUT2D eigenvalue weighted by Gasteiger charge is -2.48. The van der Waals surface area contributed by atoms with E-state index in [1.165, 1.54) is 0 Å². The van der Waals surface area contributed by atoms with E-state index < -0.39 is 138 Å². The molecule has 0 radical (unpaired) electrons. The van der Waals surface area contributed by atoms with E-state index >= 15 is 0 Å². The second-order valence-corrected chi connectivity index (χ2v) is 15.2. The molecule has 0 spiro atoms. The van der Waals surface area contributed by atoms with Gasteiger partial charge >= 0.3 is 41.8 Å². The summed E-state index contributed by atoms with van der Waals surface area (Å²) in [5.41, 5.74) is 0. The number of carbonyl (C=O) groups is 8. The van der Waals surface area contributed by atoms with Crippen molar-refractivity contribution < 1.29 is 98.3 Å². The summed E-state index contributed by atoms with van der Waals surface area (Å²) in [6, 6.07) is 0. The molecule has 336 valence electrons. The minimum absolute atomic E-state index is 0.188. The number of amides is 1. The summed E-state index contributed by atoms with van der Waals surface area (Å²) < 4.78 is 87.2. The number of unbranched alkanes of at least 4 members (excludes halogenated alkanes) is 5. The van der Waals surface area contributed by atoms with Gasteiger partial charge in [0.1, 0.15) is 31.5 Å². The van der Waals surface area contributed by atoms with Crippen LogP contribution in [0.5, 0.6) is 0 Å². The van der Waals surface area contributed by atoms with Gasteiger partial charge in [-0.2, -0.15) is 8.42 Å². The maximum Gasteiger partial charge on any atom is 0.303 e. The predicted molar refractivity (Wildman–Crippen MR) is 194 cm³/mol. The van der Waals surface area contributed by atoms with Gasteiger partial charge in [-0.25, -0.2) is 4.18 Å². The van der Waals surface area contributed by atoms with Gasteiger partial charge in [0.15, 0.2) is 42.6 Å². The molecule has 2 heterocycles. The van der Waals surface area contributed by atoms with Crippen LogP contribution in [-0.2, 0) is 100 Å². The van der Waals surface area contributed by atoms with Crippen molar-refractivity contribution in [2.24, 2.45) is 0 Å². The minimum atomic E-state index is -4.86. The van der Waals surface area contributed by atoms with Crippen LogP contribution in [0.15, 0.2) is 0 Å². The Balaban J connectivity index is 2.61. The second kappa shape index (κ2) is 24.6. The first kappa shape index (κ1) is 50.7. The molecule has 22 nitrogen and oxygen atoms in total. The van der Waals surface area contributed by atoms with Crippen LogP contribution in [0.4, 0.5) is 0 Å². The molecule has 0 aromatic rings. The third kappa shape index (κ3) is 18.1. The van der Waals surface area contributed by atoms with Crippen LogP contribution >= 0.6 is 0 Å². The average molecular weight is 870 g/mol. The first-order chi connectivity index (χ1) is 27.6. The van der Waals surface area contributed by atoms with Crippen molar-refractivity contribution in [1.82, 2.24) is 5.32 Å². The van der Waals surface area contributed by atoms with Crippen molar-refractivity contribution >= 4 is 57.8 Å². The zero-order valence-corrected chi connectivity index (χ0v) is 35.1. The first-order valence-electron chi connectivity index (χ1n) is 18.9. The number of ether oxygens (including phenoxy) is 10. The van der Waals surface area contributed by atoms with Gasteiger partial charge in [0.2, 0.25) is 12.2 Å². The smallest absolute Gasteiger partial charge is 0.303 e. The lowest BCUT2D eigenvalue weighted by molar-refractivity contribution is -0.354. The molecular weight excluding hydrogens is 814 g/mol. The fourth-order valence-corrected chi connectivity index (χ4v) is 7.01. The van der Waals surface area contributed by atoms with Crippen LogP contribution in [0.3, 0.4) is 0 Å². The topological polar surface area (TPSA) is 284 Å². The van der Waals surface area contributed by atoms with Crippen molar-refractivity contribution in [2.75, 3.05) is 25.5 Å². The Labute approximate surface area is 341 Å². The van der Waals surface area contributed by atoms with E-state index in [2.05, 4.69) is 12.2 Å². The maximum absolute atomic E-state index is 13.3. The monoisotopic (exact) mass is 869 g/mol. The molecule has 2 fully saturated rings. The summed E-state index contributed by atoms with van der Waals surface area (Å²) in [6.45, 7) is 7.73. The molecule has 2 rings (SSSR count). The highest BCUT2D eigenvalue weighted by Crippen LogP contribution is 2.36. The number of esters is 7. The Bertz CT molecular complexity index is 1590. The minimum Gasteiger partial charge on any atom is -0.463 e. The van der Waals surface area contributed by atoms with Gasteiger partial charge in [0.05, 0.1) is 0 Å². The van der Waals surface area contributed by atoms with Gasteiger partial charge in [-0.05, 0) is 6.42 Å². The Morgan fingerprint density at radius 1 is 0.508 bits per heavy atom. The Morgan fingerprint density at radius 3 is 1.41 bits per heavy atom. The summed E-state index contributed by atoms with van der Waals surface area (Å²) in [4.78, 5) is 98.5. The second-order valence-electron chi connectivity index (χ2n) is 13.6. The van der Waals surface area contributed by atoms with Crippen LogP contribution in [0.25, 0.3) is 0 Å². The van der Waals surface area contributed by atoms with Gasteiger partial charge in [-0.15, -0.1) is 0 Å². The highest BCUT2D eigenvalue weighted by Gasteiger charge is 2.58. The Kier molecular flexibility index (Phi) is 21.1. The van der Waals surface area contributed by atoms with Crippen molar-refractivity contribution in [3.05, 3.63) is 0 Å². The standard InChI is InChI=1S/C36H55NO21S/c1-9-10-11-12-13-14-15-37-28(45)18-59(46,47)58-36-34(54-25(8)44)32(52-23(6)42)30(27(56-36)17-49-20(3)39)57-35-33(53-24(7)43)31(51-22(5)41)29(50-21(4)40)26(55-35)16-48-19(2)38/h26-27,29-36H,9-18H2,1-8H3,(H,37,45)/t26-,27-,29+,30?,31+,32+,33-,34-,35+,36+/m1/s1. The molecule has 2 aliphatic heterocycles. The lowest BCUT2D eigenvalue weighted by atomic mass is 9.96. The number of hydrogen-bond acceptors (Lipinski definition) is 21. The maximum atomic E-state index is 13.3. The van der Waals surface area contributed by atoms with Crippen LogP contribution in [-0.4, -0.2) is 143 Å². The molecule has 2 aliphatic rings. The van der Waals surface area contributed by atoms with Crippen LogP contribution in [0.2, 0.25) is 0 Å². The molecular formula is C36H55NO21S. The van der Waals surface area contributed by atoms with Crippen molar-refractivity contribution in [3.8, 4) is 0 Å². The summed E-state index contributed by atoms with van der Waals surface area (Å²) in [7, 11) is -4.86. The summed E-state index contributed by atoms with van der Waals surface area (Å²) in [6.07, 6.45) is -12.7. The van der Waals surface area contributed by atoms with Crippen molar-refractivity contribution in [2.45, 2.75) is 155 Å². The average Bonchev–Trinajstić information content (AvgIpc) is 3.09. The molecule has 59 heavy (non-hydrogen) atoms. The molecule has 0 aliphatic carbocycles. The van der Waals surface area contributed by atoms with Gasteiger partial charge in [0, 0.05) is 55.0 Å². The van der Waals surface area contributed by atoms with Gasteiger partial charge in [-0.1, -0.05) is 39.0 Å². The molecule has 10 atom stereocenters. The van der Waals surface area contributed by atoms with E-state index in [1.807, 2.05) is 0 Å². The molecule has 0 bridgehead atoms. The van der Waals surface area contributed by atoms with Crippen molar-refractivity contribution in [3.63, 3.8) is 0 Å². The van der Waals surface area contributed by atoms with E-state index in [0.29, 0.717) is 6.42 Å². The Hall–Kier alpha value is -4.45. The Morgan fingerprint density at radius 2 is 0.915 bits per heavy atom. The number of carbonyl (C=O) groups excluding carboxylic acids is 8. The lowest BCUT2D eigenvalue weighted by Crippen LogP contribution is -2.67. The molecule has 1 N–H and O–H groups in total. The molecule has 0 saturated carbocycles. The molecule has 0 aromatic carbocycles. The molecule has 2 saturated heterocycles. The van der Waals surface area contributed by atoms with Gasteiger partial charge in [-0.3, -0.25) is 38.4 Å². The number of hydrogen-bond donors (Lipinski definition) is 1.